The Morgan fingerprint density at radius 3 is 2.18 bits per heavy atom. The van der Waals surface area contributed by atoms with Gasteiger partial charge in [0, 0.05) is 11.6 Å². The highest BCUT2D eigenvalue weighted by molar-refractivity contribution is 5.41. The minimum absolute atomic E-state index is 0.0979. The zero-order valence-corrected chi connectivity index (χ0v) is 10.7. The van der Waals surface area contributed by atoms with Crippen LogP contribution in [0.1, 0.15) is 39.4 Å². The second-order valence-corrected chi connectivity index (χ2v) is 5.38. The molecule has 0 bridgehead atoms. The summed E-state index contributed by atoms with van der Waals surface area (Å²) in [6.45, 7) is 7.93. The van der Waals surface area contributed by atoms with Gasteiger partial charge in [0.2, 0.25) is 0 Å². The molecule has 0 saturated heterocycles. The van der Waals surface area contributed by atoms with Crippen LogP contribution in [-0.4, -0.2) is 26.9 Å². The van der Waals surface area contributed by atoms with Crippen molar-refractivity contribution in [2.24, 2.45) is 0 Å². The molecule has 2 atom stereocenters. The van der Waals surface area contributed by atoms with Crippen molar-refractivity contribution in [3.8, 4) is 11.5 Å². The summed E-state index contributed by atoms with van der Waals surface area (Å²) in [6.07, 6.45) is -0.735. The largest absolute Gasteiger partial charge is 0.504 e. The van der Waals surface area contributed by atoms with Crippen molar-refractivity contribution in [2.75, 3.05) is 0 Å². The molecule has 0 aliphatic rings. The molecule has 0 saturated carbocycles. The van der Waals surface area contributed by atoms with E-state index in [0.717, 1.165) is 0 Å². The third kappa shape index (κ3) is 3.91. The van der Waals surface area contributed by atoms with E-state index in [2.05, 4.69) is 5.32 Å². The van der Waals surface area contributed by atoms with Crippen LogP contribution < -0.4 is 5.32 Å². The number of phenolic OH excluding ortho intramolecular Hbond substituents is 2. The zero-order valence-electron chi connectivity index (χ0n) is 10.7. The Morgan fingerprint density at radius 1 is 1.12 bits per heavy atom. The van der Waals surface area contributed by atoms with Crippen molar-refractivity contribution < 1.29 is 15.3 Å². The number of benzene rings is 1. The molecule has 2 unspecified atom stereocenters. The predicted molar refractivity (Wildman–Crippen MR) is 67.1 cm³/mol. The van der Waals surface area contributed by atoms with Crippen molar-refractivity contribution in [1.29, 1.82) is 0 Å². The number of aromatic hydroxyl groups is 2. The Hall–Kier alpha value is -1.26. The standard InChI is InChI=1S/C13H21NO3/c1-8(14-13(2,3)4)12(17)9-5-6-10(15)11(16)7-9/h5-8,12,14-17H,1-4H3. The van der Waals surface area contributed by atoms with Gasteiger partial charge in [-0.3, -0.25) is 0 Å². The van der Waals surface area contributed by atoms with E-state index < -0.39 is 6.10 Å². The van der Waals surface area contributed by atoms with Gasteiger partial charge in [-0.05, 0) is 45.4 Å². The van der Waals surface area contributed by atoms with E-state index in [1.807, 2.05) is 27.7 Å². The summed E-state index contributed by atoms with van der Waals surface area (Å²) in [4.78, 5) is 0. The van der Waals surface area contributed by atoms with Gasteiger partial charge in [0.15, 0.2) is 11.5 Å². The SMILES string of the molecule is CC(NC(C)(C)C)C(O)c1ccc(O)c(O)c1. The summed E-state index contributed by atoms with van der Waals surface area (Å²) < 4.78 is 0. The van der Waals surface area contributed by atoms with Crippen LogP contribution in [0, 0.1) is 0 Å². The van der Waals surface area contributed by atoms with Crippen LogP contribution >= 0.6 is 0 Å². The van der Waals surface area contributed by atoms with Crippen LogP contribution in [0.2, 0.25) is 0 Å². The third-order valence-electron chi connectivity index (χ3n) is 2.48. The molecule has 4 heteroatoms. The van der Waals surface area contributed by atoms with Crippen LogP contribution in [0.5, 0.6) is 11.5 Å². The van der Waals surface area contributed by atoms with Gasteiger partial charge in [-0.1, -0.05) is 6.07 Å². The van der Waals surface area contributed by atoms with Crippen LogP contribution in [0.25, 0.3) is 0 Å². The van der Waals surface area contributed by atoms with Gasteiger partial charge in [0.05, 0.1) is 6.10 Å². The third-order valence-corrected chi connectivity index (χ3v) is 2.48. The average Bonchev–Trinajstić information content (AvgIpc) is 2.18. The first-order chi connectivity index (χ1) is 7.70. The molecule has 17 heavy (non-hydrogen) atoms. The first kappa shape index (κ1) is 13.8. The average molecular weight is 239 g/mol. The summed E-state index contributed by atoms with van der Waals surface area (Å²) in [5, 5.41) is 32.0. The van der Waals surface area contributed by atoms with Gasteiger partial charge in [-0.15, -0.1) is 0 Å². The van der Waals surface area contributed by atoms with E-state index in [1.54, 1.807) is 6.07 Å². The van der Waals surface area contributed by atoms with E-state index >= 15 is 0 Å². The number of hydrogen-bond acceptors (Lipinski definition) is 4. The molecule has 0 aromatic heterocycles. The van der Waals surface area contributed by atoms with E-state index in [9.17, 15) is 15.3 Å². The number of rotatable bonds is 3. The summed E-state index contributed by atoms with van der Waals surface area (Å²) in [5.74, 6) is -0.401. The fourth-order valence-electron chi connectivity index (χ4n) is 1.78. The van der Waals surface area contributed by atoms with Gasteiger partial charge in [0.25, 0.3) is 0 Å². The molecule has 1 aromatic carbocycles. The highest BCUT2D eigenvalue weighted by atomic mass is 16.3. The Labute approximate surface area is 102 Å². The van der Waals surface area contributed by atoms with Crippen molar-refractivity contribution in [2.45, 2.75) is 45.4 Å². The number of aliphatic hydroxyl groups is 1. The lowest BCUT2D eigenvalue weighted by Crippen LogP contribution is -2.44. The van der Waals surface area contributed by atoms with Crippen LogP contribution in [0.15, 0.2) is 18.2 Å². The molecular formula is C13H21NO3. The van der Waals surface area contributed by atoms with Gasteiger partial charge in [0.1, 0.15) is 0 Å². The normalized spacial score (nSPS) is 15.6. The Kier molecular flexibility index (Phi) is 4.01. The predicted octanol–water partition coefficient (Wildman–Crippen LogP) is 1.91. The van der Waals surface area contributed by atoms with Gasteiger partial charge >= 0.3 is 0 Å². The fraction of sp³-hybridized carbons (Fsp3) is 0.538. The smallest absolute Gasteiger partial charge is 0.157 e. The molecular weight excluding hydrogens is 218 g/mol. The molecule has 0 spiro atoms. The van der Waals surface area contributed by atoms with Crippen LogP contribution in [0.3, 0.4) is 0 Å². The lowest BCUT2D eigenvalue weighted by molar-refractivity contribution is 0.121. The molecule has 0 amide bonds. The minimum atomic E-state index is -0.735. The van der Waals surface area contributed by atoms with E-state index in [4.69, 9.17) is 0 Å². The van der Waals surface area contributed by atoms with Crippen LogP contribution in [-0.2, 0) is 0 Å². The molecule has 96 valence electrons. The summed E-state index contributed by atoms with van der Waals surface area (Å²) in [7, 11) is 0. The summed E-state index contributed by atoms with van der Waals surface area (Å²) >= 11 is 0. The lowest BCUT2D eigenvalue weighted by Gasteiger charge is -2.29. The highest BCUT2D eigenvalue weighted by Gasteiger charge is 2.21. The van der Waals surface area contributed by atoms with Crippen molar-refractivity contribution in [3.63, 3.8) is 0 Å². The lowest BCUT2D eigenvalue weighted by atomic mass is 9.99. The quantitative estimate of drug-likeness (QED) is 0.608. The van der Waals surface area contributed by atoms with E-state index in [-0.39, 0.29) is 23.1 Å². The number of aliphatic hydroxyl groups excluding tert-OH is 1. The van der Waals surface area contributed by atoms with Gasteiger partial charge < -0.3 is 20.6 Å². The monoisotopic (exact) mass is 239 g/mol. The van der Waals surface area contributed by atoms with Crippen molar-refractivity contribution in [1.82, 2.24) is 5.32 Å². The molecule has 0 aliphatic heterocycles. The van der Waals surface area contributed by atoms with E-state index in [1.165, 1.54) is 12.1 Å². The molecule has 4 nitrogen and oxygen atoms in total. The molecule has 1 aromatic rings. The first-order valence-electron chi connectivity index (χ1n) is 5.68. The Balaban J connectivity index is 2.81. The molecule has 0 heterocycles. The minimum Gasteiger partial charge on any atom is -0.504 e. The summed E-state index contributed by atoms with van der Waals surface area (Å²) in [6, 6.07) is 4.19. The maximum Gasteiger partial charge on any atom is 0.157 e. The second kappa shape index (κ2) is 4.94. The topological polar surface area (TPSA) is 72.7 Å². The maximum absolute atomic E-state index is 10.1. The van der Waals surface area contributed by atoms with Gasteiger partial charge in [-0.2, -0.15) is 0 Å². The number of phenols is 2. The van der Waals surface area contributed by atoms with Crippen molar-refractivity contribution in [3.05, 3.63) is 23.8 Å². The molecule has 0 fully saturated rings. The Bertz CT molecular complexity index is 385. The molecule has 0 radical (unpaired) electrons. The van der Waals surface area contributed by atoms with E-state index in [0.29, 0.717) is 5.56 Å². The van der Waals surface area contributed by atoms with Crippen LogP contribution in [0.4, 0.5) is 0 Å². The Morgan fingerprint density at radius 2 is 1.71 bits per heavy atom. The van der Waals surface area contributed by atoms with Gasteiger partial charge in [-0.25, -0.2) is 0 Å². The summed E-state index contributed by atoms with van der Waals surface area (Å²) in [5.41, 5.74) is 0.476. The zero-order chi connectivity index (χ0) is 13.2. The number of nitrogens with one attached hydrogen (secondary N) is 1. The molecule has 0 aliphatic carbocycles. The second-order valence-electron chi connectivity index (χ2n) is 5.38. The number of hydrogen-bond donors (Lipinski definition) is 4. The van der Waals surface area contributed by atoms with Crippen molar-refractivity contribution >= 4 is 0 Å². The molecule has 4 N–H and O–H groups in total. The highest BCUT2D eigenvalue weighted by Crippen LogP contribution is 2.29. The first-order valence-corrected chi connectivity index (χ1v) is 5.68. The molecule has 1 rings (SSSR count). The fourth-order valence-corrected chi connectivity index (χ4v) is 1.78. The maximum atomic E-state index is 10.1.